The molecule has 1 aliphatic rings. The third kappa shape index (κ3) is 2.53. The highest BCUT2D eigenvalue weighted by atomic mass is 32.2. The van der Waals surface area contributed by atoms with Gasteiger partial charge in [-0.3, -0.25) is 4.79 Å². The van der Waals surface area contributed by atoms with Crippen molar-refractivity contribution in [1.82, 2.24) is 4.31 Å². The number of alkyl halides is 3. The van der Waals surface area contributed by atoms with E-state index in [0.717, 1.165) is 7.11 Å². The van der Waals surface area contributed by atoms with Crippen molar-refractivity contribution < 1.29 is 36.2 Å². The number of rotatable bonds is 2. The summed E-state index contributed by atoms with van der Waals surface area (Å²) in [4.78, 5) is 11.1. The van der Waals surface area contributed by atoms with Crippen LogP contribution in [0.2, 0.25) is 0 Å². The molecule has 1 N–H and O–H groups in total. The molecule has 0 radical (unpaired) electrons. The molecular weight excluding hydrogens is 267 g/mol. The summed E-state index contributed by atoms with van der Waals surface area (Å²) < 4.78 is 63.2. The second-order valence-electron chi connectivity index (χ2n) is 3.45. The third-order valence-corrected chi connectivity index (χ3v) is 3.91. The van der Waals surface area contributed by atoms with Gasteiger partial charge in [-0.2, -0.15) is 17.5 Å². The van der Waals surface area contributed by atoms with Gasteiger partial charge in [-0.1, -0.05) is 0 Å². The summed E-state index contributed by atoms with van der Waals surface area (Å²) in [5.74, 6) is -1.13. The van der Waals surface area contributed by atoms with Crippen molar-refractivity contribution in [3.63, 3.8) is 0 Å². The number of halogens is 3. The number of hydrogen-bond donors (Lipinski definition) is 1. The summed E-state index contributed by atoms with van der Waals surface area (Å²) in [6.45, 7) is -0.776. The van der Waals surface area contributed by atoms with E-state index in [1.807, 2.05) is 0 Å². The largest absolute Gasteiger partial charge is 0.511 e. The number of nitrogens with zero attached hydrogens (tertiary/aromatic N) is 1. The summed E-state index contributed by atoms with van der Waals surface area (Å²) in [6, 6.07) is -1.64. The monoisotopic (exact) mass is 277 g/mol. The summed E-state index contributed by atoms with van der Waals surface area (Å²) in [5, 5.41) is 9.16. The first-order chi connectivity index (χ1) is 7.61. The minimum absolute atomic E-state index is 0.0799. The molecule has 0 amide bonds. The van der Waals surface area contributed by atoms with Crippen molar-refractivity contribution in [1.29, 1.82) is 0 Å². The number of carbonyl (C=O) groups excluding carboxylic acids is 1. The van der Waals surface area contributed by atoms with Crippen molar-refractivity contribution >= 4 is 16.0 Å². The van der Waals surface area contributed by atoms with Crippen LogP contribution in [0.3, 0.4) is 0 Å². The van der Waals surface area contributed by atoms with E-state index in [9.17, 15) is 26.4 Å². The lowest BCUT2D eigenvalue weighted by atomic mass is 10.2. The van der Waals surface area contributed by atoms with Gasteiger partial charge in [0.15, 0.2) is 0 Å². The van der Waals surface area contributed by atoms with Gasteiger partial charge < -0.3 is 9.84 Å². The molecule has 0 saturated carbocycles. The first-order valence-corrected chi connectivity index (χ1v) is 5.89. The van der Waals surface area contributed by atoms with Crippen LogP contribution < -0.4 is 0 Å². The first kappa shape index (κ1) is 14.2. The zero-order valence-electron chi connectivity index (χ0n) is 8.64. The van der Waals surface area contributed by atoms with E-state index in [4.69, 9.17) is 5.11 Å². The van der Waals surface area contributed by atoms with Crippen LogP contribution in [-0.4, -0.2) is 55.1 Å². The molecule has 1 heterocycles. The van der Waals surface area contributed by atoms with E-state index in [1.54, 1.807) is 0 Å². The fraction of sp³-hybridized carbons (Fsp3) is 0.857. The average Bonchev–Trinajstić information content (AvgIpc) is 2.58. The highest BCUT2D eigenvalue weighted by Crippen LogP contribution is 2.32. The Morgan fingerprint density at radius 1 is 1.47 bits per heavy atom. The molecule has 0 aromatic carbocycles. The minimum Gasteiger partial charge on any atom is -0.468 e. The van der Waals surface area contributed by atoms with E-state index >= 15 is 0 Å². The summed E-state index contributed by atoms with van der Waals surface area (Å²) in [7, 11) is -4.72. The molecule has 0 aromatic rings. The molecule has 0 aromatic heterocycles. The molecule has 1 rings (SSSR count). The van der Waals surface area contributed by atoms with Gasteiger partial charge in [-0.25, -0.2) is 8.42 Å². The van der Waals surface area contributed by atoms with Gasteiger partial charge in [0.05, 0.1) is 13.2 Å². The van der Waals surface area contributed by atoms with Crippen molar-refractivity contribution in [2.24, 2.45) is 0 Å². The van der Waals surface area contributed by atoms with Crippen LogP contribution in [0, 0.1) is 0 Å². The number of methoxy groups -OCH3 is 1. The number of sulfonamides is 1. The van der Waals surface area contributed by atoms with E-state index in [0.29, 0.717) is 0 Å². The van der Waals surface area contributed by atoms with Crippen LogP contribution in [0.15, 0.2) is 0 Å². The maximum Gasteiger partial charge on any atom is 0.511 e. The van der Waals surface area contributed by atoms with E-state index in [1.165, 1.54) is 0 Å². The van der Waals surface area contributed by atoms with Crippen LogP contribution in [0.4, 0.5) is 13.2 Å². The summed E-state index contributed by atoms with van der Waals surface area (Å²) in [5.41, 5.74) is -5.51. The zero-order chi connectivity index (χ0) is 13.4. The van der Waals surface area contributed by atoms with Gasteiger partial charge in [0.2, 0.25) is 0 Å². The second-order valence-corrected chi connectivity index (χ2v) is 5.33. The van der Waals surface area contributed by atoms with Crippen LogP contribution in [0.25, 0.3) is 0 Å². The zero-order valence-corrected chi connectivity index (χ0v) is 9.45. The lowest BCUT2D eigenvalue weighted by molar-refractivity contribution is -0.144. The second kappa shape index (κ2) is 4.42. The van der Waals surface area contributed by atoms with Crippen LogP contribution >= 0.6 is 0 Å². The summed E-state index contributed by atoms with van der Waals surface area (Å²) in [6.07, 6.45) is -1.74. The SMILES string of the molecule is COC(=O)C1CC(O)CN1S(=O)(=O)C(F)(F)F. The van der Waals surface area contributed by atoms with E-state index in [2.05, 4.69) is 4.74 Å². The number of β-amino-alcohol motifs (C(OH)–C–C–N with tert-alkyl or cyclic N) is 1. The fourth-order valence-corrected chi connectivity index (χ4v) is 2.67. The lowest BCUT2D eigenvalue weighted by Gasteiger charge is -2.22. The van der Waals surface area contributed by atoms with E-state index in [-0.39, 0.29) is 4.31 Å². The normalized spacial score (nSPS) is 27.1. The molecule has 1 saturated heterocycles. The van der Waals surface area contributed by atoms with Gasteiger partial charge in [0, 0.05) is 13.0 Å². The van der Waals surface area contributed by atoms with Crippen LogP contribution in [-0.2, 0) is 19.6 Å². The number of carbonyl (C=O) groups is 1. The molecule has 0 spiro atoms. The van der Waals surface area contributed by atoms with Gasteiger partial charge in [0.1, 0.15) is 6.04 Å². The molecular formula is C7H10F3NO5S. The number of ether oxygens (including phenoxy) is 1. The Morgan fingerprint density at radius 2 is 2.00 bits per heavy atom. The summed E-state index contributed by atoms with van der Waals surface area (Å²) >= 11 is 0. The molecule has 6 nitrogen and oxygen atoms in total. The van der Waals surface area contributed by atoms with Gasteiger partial charge >= 0.3 is 21.5 Å². The molecule has 1 fully saturated rings. The number of aliphatic hydroxyl groups is 1. The van der Waals surface area contributed by atoms with Gasteiger partial charge in [-0.05, 0) is 0 Å². The predicted octanol–water partition coefficient (Wildman–Crippen LogP) is -0.556. The van der Waals surface area contributed by atoms with Crippen LogP contribution in [0.5, 0.6) is 0 Å². The minimum atomic E-state index is -5.64. The molecule has 10 heteroatoms. The maximum atomic E-state index is 12.3. The fourth-order valence-electron chi connectivity index (χ4n) is 1.53. The smallest absolute Gasteiger partial charge is 0.468 e. The van der Waals surface area contributed by atoms with Crippen molar-refractivity contribution in [3.05, 3.63) is 0 Å². The Hall–Kier alpha value is -0.870. The Morgan fingerprint density at radius 3 is 2.41 bits per heavy atom. The Balaban J connectivity index is 3.08. The number of esters is 1. The Labute approximate surface area is 95.0 Å². The maximum absolute atomic E-state index is 12.3. The van der Waals surface area contributed by atoms with Crippen LogP contribution in [0.1, 0.15) is 6.42 Å². The van der Waals surface area contributed by atoms with Crippen molar-refractivity contribution in [3.8, 4) is 0 Å². The average molecular weight is 277 g/mol. The quantitative estimate of drug-likeness (QED) is 0.684. The highest BCUT2D eigenvalue weighted by molar-refractivity contribution is 7.90. The molecule has 0 aliphatic carbocycles. The lowest BCUT2D eigenvalue weighted by Crippen LogP contribution is -2.46. The molecule has 2 atom stereocenters. The molecule has 1 aliphatic heterocycles. The molecule has 2 unspecified atom stereocenters. The van der Waals surface area contributed by atoms with E-state index < -0.39 is 46.6 Å². The van der Waals surface area contributed by atoms with Gasteiger partial charge in [-0.15, -0.1) is 0 Å². The third-order valence-electron chi connectivity index (χ3n) is 2.31. The topological polar surface area (TPSA) is 83.9 Å². The predicted molar refractivity (Wildman–Crippen MR) is 48.1 cm³/mol. The highest BCUT2D eigenvalue weighted by Gasteiger charge is 2.56. The van der Waals surface area contributed by atoms with Crippen molar-refractivity contribution in [2.75, 3.05) is 13.7 Å². The molecule has 100 valence electrons. The number of aliphatic hydroxyl groups excluding tert-OH is 1. The van der Waals surface area contributed by atoms with Gasteiger partial charge in [0.25, 0.3) is 0 Å². The molecule has 0 bridgehead atoms. The molecule has 17 heavy (non-hydrogen) atoms. The number of hydrogen-bond acceptors (Lipinski definition) is 5. The Bertz CT molecular complexity index is 406. The first-order valence-electron chi connectivity index (χ1n) is 4.45. The Kier molecular flexibility index (Phi) is 3.69. The standard InChI is InChI=1S/C7H10F3NO5S/c1-16-6(13)5-2-4(12)3-11(5)17(14,15)7(8,9)10/h4-5,12H,2-3H2,1H3. The van der Waals surface area contributed by atoms with Crippen molar-refractivity contribution in [2.45, 2.75) is 24.1 Å².